The Balaban J connectivity index is 2.05. The highest BCUT2D eigenvalue weighted by molar-refractivity contribution is 5.80. The summed E-state index contributed by atoms with van der Waals surface area (Å²) in [5, 5.41) is 75.7. The lowest BCUT2D eigenvalue weighted by Gasteiger charge is -2.40. The fourth-order valence-corrected chi connectivity index (χ4v) is 10.4. The van der Waals surface area contributed by atoms with Crippen molar-refractivity contribution in [2.24, 2.45) is 0 Å². The molecule has 9 atom stereocenters. The van der Waals surface area contributed by atoms with Crippen LogP contribution in [0.15, 0.2) is 12.2 Å². The summed E-state index contributed by atoms with van der Waals surface area (Å²) in [7, 11) is 0. The molecule has 0 aromatic heterocycles. The average Bonchev–Trinajstić information content (AvgIpc) is 3.39. The summed E-state index contributed by atoms with van der Waals surface area (Å²) in [6, 6.07) is -1.16. The summed E-state index contributed by atoms with van der Waals surface area (Å²) < 4.78 is 11.1. The molecule has 0 aromatic carbocycles. The molecule has 0 aliphatic carbocycles. The van der Waals surface area contributed by atoms with Gasteiger partial charge < -0.3 is 50.5 Å². The van der Waals surface area contributed by atoms with Crippen molar-refractivity contribution < 1.29 is 50.0 Å². The molecular weight excluding hydrogens is 919 g/mol. The number of amides is 1. The standard InChI is InChI=1S/C62H121NO10/c1-3-5-7-9-11-13-14-15-16-17-18-19-20-21-22-23-24-25-26-27-28-29-30-31-32-33-34-35-36-37-38-39-40-41-42-44-46-48-50-55(66)61(71)63-53(52-72-62-60(70)59(69)58(68)56(51-64)73-62)57(67)54(65)49-47-45-43-12-10-8-6-4-2/h27-28,53-60,62,64-70H,3-26,29-52H2,1-2H3,(H,63,71)/b28-27-. The molecule has 0 spiro atoms. The van der Waals surface area contributed by atoms with Crippen LogP contribution in [0.4, 0.5) is 0 Å². The lowest BCUT2D eigenvalue weighted by molar-refractivity contribution is -0.303. The largest absolute Gasteiger partial charge is 0.394 e. The number of unbranched alkanes of at least 4 members (excludes halogenated alkanes) is 41. The molecule has 9 unspecified atom stereocenters. The molecule has 434 valence electrons. The summed E-state index contributed by atoms with van der Waals surface area (Å²) in [6.45, 7) is 3.43. The van der Waals surface area contributed by atoms with E-state index in [1.165, 1.54) is 231 Å². The highest BCUT2D eigenvalue weighted by Crippen LogP contribution is 2.24. The molecule has 1 rings (SSSR count). The predicted octanol–water partition coefficient (Wildman–Crippen LogP) is 13.9. The van der Waals surface area contributed by atoms with Crippen LogP contribution in [0.25, 0.3) is 0 Å². The summed E-state index contributed by atoms with van der Waals surface area (Å²) in [5.41, 5.74) is 0. The van der Waals surface area contributed by atoms with E-state index < -0.39 is 74.2 Å². The Bertz CT molecular complexity index is 1190. The van der Waals surface area contributed by atoms with Gasteiger partial charge in [0.25, 0.3) is 0 Å². The van der Waals surface area contributed by atoms with Crippen molar-refractivity contribution in [1.82, 2.24) is 5.32 Å². The Kier molecular flexibility index (Phi) is 49.4. The normalized spacial score (nSPS) is 19.9. The molecule has 11 heteroatoms. The topological polar surface area (TPSA) is 189 Å². The maximum atomic E-state index is 13.1. The van der Waals surface area contributed by atoms with E-state index in [4.69, 9.17) is 9.47 Å². The Labute approximate surface area is 449 Å². The molecule has 0 radical (unpaired) electrons. The molecule has 1 amide bonds. The Morgan fingerprint density at radius 3 is 1.15 bits per heavy atom. The van der Waals surface area contributed by atoms with Crippen LogP contribution in [0.1, 0.15) is 309 Å². The van der Waals surface area contributed by atoms with Crippen molar-refractivity contribution in [2.45, 2.75) is 364 Å². The molecule has 1 saturated heterocycles. The molecule has 1 heterocycles. The van der Waals surface area contributed by atoms with Crippen molar-refractivity contribution in [1.29, 1.82) is 0 Å². The minimum Gasteiger partial charge on any atom is -0.394 e. The van der Waals surface area contributed by atoms with E-state index in [1.54, 1.807) is 0 Å². The molecule has 1 fully saturated rings. The minimum atomic E-state index is -1.66. The zero-order valence-corrected chi connectivity index (χ0v) is 47.6. The van der Waals surface area contributed by atoms with Gasteiger partial charge in [0.1, 0.15) is 36.6 Å². The van der Waals surface area contributed by atoms with E-state index >= 15 is 0 Å². The van der Waals surface area contributed by atoms with E-state index in [2.05, 4.69) is 31.3 Å². The van der Waals surface area contributed by atoms with Gasteiger partial charge in [0, 0.05) is 0 Å². The van der Waals surface area contributed by atoms with Gasteiger partial charge in [0.05, 0.1) is 25.4 Å². The summed E-state index contributed by atoms with van der Waals surface area (Å²) in [6.07, 6.45) is 50.6. The first-order chi connectivity index (χ1) is 35.7. The quantitative estimate of drug-likeness (QED) is 0.0215. The molecule has 0 aromatic rings. The monoisotopic (exact) mass is 1040 g/mol. The number of carbonyl (C=O) groups excluding carboxylic acids is 1. The molecule has 0 saturated carbocycles. The predicted molar refractivity (Wildman–Crippen MR) is 303 cm³/mol. The van der Waals surface area contributed by atoms with Crippen LogP contribution in [-0.4, -0.2) is 110 Å². The number of aliphatic hydroxyl groups is 7. The highest BCUT2D eigenvalue weighted by Gasteiger charge is 2.44. The van der Waals surface area contributed by atoms with Gasteiger partial charge in [-0.2, -0.15) is 0 Å². The third-order valence-electron chi connectivity index (χ3n) is 15.6. The molecule has 11 nitrogen and oxygen atoms in total. The highest BCUT2D eigenvalue weighted by atomic mass is 16.7. The summed E-state index contributed by atoms with van der Waals surface area (Å²) >= 11 is 0. The van der Waals surface area contributed by atoms with Crippen molar-refractivity contribution >= 4 is 5.91 Å². The Hall–Kier alpha value is -1.15. The number of allylic oxidation sites excluding steroid dienone is 2. The number of aliphatic hydroxyl groups excluding tert-OH is 7. The van der Waals surface area contributed by atoms with Crippen molar-refractivity contribution in [3.8, 4) is 0 Å². The third-order valence-corrected chi connectivity index (χ3v) is 15.6. The first kappa shape index (κ1) is 69.9. The zero-order chi connectivity index (χ0) is 53.3. The van der Waals surface area contributed by atoms with Gasteiger partial charge in [0.2, 0.25) is 5.91 Å². The van der Waals surface area contributed by atoms with E-state index in [1.807, 2.05) is 0 Å². The maximum absolute atomic E-state index is 13.1. The van der Waals surface area contributed by atoms with Gasteiger partial charge in [-0.05, 0) is 38.5 Å². The lowest BCUT2D eigenvalue weighted by Crippen LogP contribution is -2.60. The fraction of sp³-hybridized carbons (Fsp3) is 0.952. The van der Waals surface area contributed by atoms with Crippen LogP contribution >= 0.6 is 0 Å². The summed E-state index contributed by atoms with van der Waals surface area (Å²) in [5.74, 6) is -0.695. The van der Waals surface area contributed by atoms with Crippen molar-refractivity contribution in [2.75, 3.05) is 13.2 Å². The number of rotatable bonds is 55. The minimum absolute atomic E-state index is 0.264. The Morgan fingerprint density at radius 1 is 0.466 bits per heavy atom. The van der Waals surface area contributed by atoms with Crippen LogP contribution < -0.4 is 5.32 Å². The number of hydrogen-bond acceptors (Lipinski definition) is 10. The molecule has 0 bridgehead atoms. The number of hydrogen-bond donors (Lipinski definition) is 8. The first-order valence-electron chi connectivity index (χ1n) is 31.6. The molecule has 1 aliphatic rings. The van der Waals surface area contributed by atoms with Crippen LogP contribution in [-0.2, 0) is 14.3 Å². The lowest BCUT2D eigenvalue weighted by atomic mass is 9.98. The number of carbonyl (C=O) groups is 1. The second-order valence-corrected chi connectivity index (χ2v) is 22.5. The second-order valence-electron chi connectivity index (χ2n) is 22.5. The smallest absolute Gasteiger partial charge is 0.249 e. The van der Waals surface area contributed by atoms with E-state index in [9.17, 15) is 40.5 Å². The number of ether oxygens (including phenoxy) is 2. The van der Waals surface area contributed by atoms with E-state index in [-0.39, 0.29) is 6.42 Å². The van der Waals surface area contributed by atoms with Crippen molar-refractivity contribution in [3.05, 3.63) is 12.2 Å². The summed E-state index contributed by atoms with van der Waals surface area (Å²) in [4.78, 5) is 13.1. The van der Waals surface area contributed by atoms with Crippen LogP contribution in [0.5, 0.6) is 0 Å². The maximum Gasteiger partial charge on any atom is 0.249 e. The van der Waals surface area contributed by atoms with Gasteiger partial charge in [-0.1, -0.05) is 283 Å². The van der Waals surface area contributed by atoms with Crippen LogP contribution in [0, 0.1) is 0 Å². The molecule has 73 heavy (non-hydrogen) atoms. The van der Waals surface area contributed by atoms with Gasteiger partial charge in [-0.15, -0.1) is 0 Å². The molecular formula is C62H121NO10. The van der Waals surface area contributed by atoms with Crippen LogP contribution in [0.2, 0.25) is 0 Å². The average molecular weight is 1040 g/mol. The second kappa shape index (κ2) is 51.6. The van der Waals surface area contributed by atoms with Gasteiger partial charge in [-0.3, -0.25) is 4.79 Å². The van der Waals surface area contributed by atoms with E-state index in [0.29, 0.717) is 19.3 Å². The number of nitrogens with one attached hydrogen (secondary N) is 1. The third kappa shape index (κ3) is 39.8. The molecule has 8 N–H and O–H groups in total. The van der Waals surface area contributed by atoms with E-state index in [0.717, 1.165) is 38.5 Å². The van der Waals surface area contributed by atoms with Crippen LogP contribution in [0.3, 0.4) is 0 Å². The fourth-order valence-electron chi connectivity index (χ4n) is 10.4. The van der Waals surface area contributed by atoms with Gasteiger partial charge in [0.15, 0.2) is 6.29 Å². The zero-order valence-electron chi connectivity index (χ0n) is 47.6. The molecule has 1 aliphatic heterocycles. The Morgan fingerprint density at radius 2 is 0.795 bits per heavy atom. The van der Waals surface area contributed by atoms with Gasteiger partial charge >= 0.3 is 0 Å². The van der Waals surface area contributed by atoms with Gasteiger partial charge in [-0.25, -0.2) is 0 Å². The van der Waals surface area contributed by atoms with Crippen molar-refractivity contribution in [3.63, 3.8) is 0 Å². The SMILES string of the molecule is CCCCCCCCCCCCCCCCCCCC/C=C\CCCCCCCCCCCCCCCCCCC(O)C(=O)NC(COC1OC(CO)C(O)C(O)C1O)C(O)C(O)CCCCCCCCCC. The first-order valence-corrected chi connectivity index (χ1v) is 31.6.